The van der Waals surface area contributed by atoms with Gasteiger partial charge in [-0.15, -0.1) is 0 Å². The van der Waals surface area contributed by atoms with Crippen molar-refractivity contribution in [1.29, 1.82) is 0 Å². The van der Waals surface area contributed by atoms with Crippen LogP contribution in [0.4, 0.5) is 0 Å². The van der Waals surface area contributed by atoms with Gasteiger partial charge in [-0.2, -0.15) is 0 Å². The maximum atomic E-state index is 12.2. The molecular weight excluding hydrogens is 1240 g/mol. The van der Waals surface area contributed by atoms with E-state index in [0.29, 0.717) is 65.7 Å². The second kappa shape index (κ2) is 59.4. The van der Waals surface area contributed by atoms with Crippen molar-refractivity contribution in [3.05, 3.63) is 12.2 Å². The van der Waals surface area contributed by atoms with Crippen molar-refractivity contribution in [3.8, 4) is 0 Å². The first-order valence-electron chi connectivity index (χ1n) is 35.3. The normalized spacial score (nSPS) is 15.0. The Kier molecular flexibility index (Phi) is 61.1. The first kappa shape index (κ1) is 94.5. The van der Waals surface area contributed by atoms with Crippen LogP contribution in [0.3, 0.4) is 0 Å². The molecule has 92 heavy (non-hydrogen) atoms. The van der Waals surface area contributed by atoms with Gasteiger partial charge in [0.05, 0.1) is 89.7 Å². The van der Waals surface area contributed by atoms with Gasteiger partial charge in [-0.05, 0) is 19.3 Å². The lowest BCUT2D eigenvalue weighted by Crippen LogP contribution is -2.37. The van der Waals surface area contributed by atoms with Crippen LogP contribution in [-0.2, 0) is 69.4 Å². The zero-order valence-corrected chi connectivity index (χ0v) is 64.0. The smallest absolute Gasteiger partial charge is 0.327 e. The Bertz CT molecular complexity index is 1930. The summed E-state index contributed by atoms with van der Waals surface area (Å²) in [6, 6.07) is 0. The molecule has 6 atom stereocenters. The maximum Gasteiger partial charge on any atom is 0.327 e. The Morgan fingerprint density at radius 2 is 0.565 bits per heavy atom. The van der Waals surface area contributed by atoms with E-state index in [9.17, 15) is 43.4 Å². The van der Waals surface area contributed by atoms with Crippen molar-refractivity contribution in [2.75, 3.05) is 163 Å². The minimum absolute atomic E-state index is 0.156. The van der Waals surface area contributed by atoms with Crippen LogP contribution in [0, 0.1) is 0 Å². The molecule has 0 saturated carbocycles. The van der Waals surface area contributed by atoms with E-state index in [2.05, 4.69) is 13.8 Å². The van der Waals surface area contributed by atoms with Crippen LogP contribution >= 0.6 is 22.8 Å². The molecule has 0 aliphatic carbocycles. The number of ether oxygens (including phenoxy) is 3. The summed E-state index contributed by atoms with van der Waals surface area (Å²) in [5, 5.41) is 29.6. The predicted molar refractivity (Wildman–Crippen MR) is 374 cm³/mol. The van der Waals surface area contributed by atoms with Gasteiger partial charge in [0.25, 0.3) is 0 Å². The first-order chi connectivity index (χ1) is 43.2. The molecule has 0 aromatic carbocycles. The summed E-state index contributed by atoms with van der Waals surface area (Å²) in [5.41, 5.74) is 0. The summed E-state index contributed by atoms with van der Waals surface area (Å²) in [4.78, 5) is 35.1. The van der Waals surface area contributed by atoms with Crippen molar-refractivity contribution in [3.63, 3.8) is 0 Å². The van der Waals surface area contributed by atoms with Crippen LogP contribution in [0.5, 0.6) is 0 Å². The number of rotatable bonds is 61. The average molecular weight is 1380 g/mol. The van der Waals surface area contributed by atoms with Crippen molar-refractivity contribution in [1.82, 2.24) is 0 Å². The molecule has 0 spiro atoms. The number of allylic oxidation sites excluding steroid dienone is 1. The summed E-state index contributed by atoms with van der Waals surface area (Å²) >= 11 is 0. The van der Waals surface area contributed by atoms with Gasteiger partial charge in [0.2, 0.25) is 0 Å². The molecule has 3 N–H and O–H groups in total. The molecule has 0 amide bonds. The van der Waals surface area contributed by atoms with Gasteiger partial charge < -0.3 is 70.1 Å². The van der Waals surface area contributed by atoms with Crippen LogP contribution in [0.2, 0.25) is 0 Å². The van der Waals surface area contributed by atoms with E-state index < -0.39 is 47.1 Å². The number of esters is 3. The van der Waals surface area contributed by atoms with E-state index in [-0.39, 0.29) is 58.0 Å². The molecule has 0 heterocycles. The van der Waals surface area contributed by atoms with Gasteiger partial charge in [0.1, 0.15) is 77.6 Å². The van der Waals surface area contributed by atoms with E-state index >= 15 is 0 Å². The minimum atomic E-state index is -3.24. The molecule has 0 aromatic heterocycles. The number of carbonyl (C=O) groups is 3. The Balaban J connectivity index is -0.00000132. The monoisotopic (exact) mass is 1380 g/mol. The molecule has 0 radical (unpaired) electrons. The molecule has 0 rings (SSSR count). The van der Waals surface area contributed by atoms with E-state index in [0.717, 1.165) is 44.9 Å². The highest BCUT2D eigenvalue weighted by molar-refractivity contribution is 7.53. The highest BCUT2D eigenvalue weighted by atomic mass is 31.2. The number of carbonyl (C=O) groups excluding carboxylic acids is 3. The summed E-state index contributed by atoms with van der Waals surface area (Å²) in [6.07, 6.45) is 39.4. The largest absolute Gasteiger partial charge is 0.463 e. The fourth-order valence-electron chi connectivity index (χ4n) is 8.58. The molecule has 21 nitrogen and oxygen atoms in total. The second-order valence-electron chi connectivity index (χ2n) is 27.9. The number of likely N-dealkylation sites (N-methyl/N-ethyl adjacent to an activating group) is 3. The van der Waals surface area contributed by atoms with Gasteiger partial charge in [-0.3, -0.25) is 28.1 Å². The first-order valence-corrected chi connectivity index (χ1v) is 41.3. The highest BCUT2D eigenvalue weighted by Crippen LogP contribution is 2.45. The summed E-state index contributed by atoms with van der Waals surface area (Å²) < 4.78 is 85.1. The third-order valence-corrected chi connectivity index (χ3v) is 18.3. The van der Waals surface area contributed by atoms with E-state index in [1.165, 1.54) is 168 Å². The Hall–Kier alpha value is -1.64. The van der Waals surface area contributed by atoms with Crippen LogP contribution in [-0.4, -0.2) is 228 Å². The van der Waals surface area contributed by atoms with Crippen LogP contribution < -0.4 is 0 Å². The van der Waals surface area contributed by atoms with Gasteiger partial charge >= 0.3 is 40.7 Å². The van der Waals surface area contributed by atoms with Crippen molar-refractivity contribution < 1.29 is 98.2 Å². The van der Waals surface area contributed by atoms with Gasteiger partial charge in [0.15, 0.2) is 0 Å². The molecule has 6 unspecified atom stereocenters. The predicted octanol–water partition coefficient (Wildman–Crippen LogP) is 14.8. The second-order valence-corrected chi connectivity index (χ2v) is 34.1. The molecular formula is C68H143N3O18P3+3. The molecule has 24 heteroatoms. The highest BCUT2D eigenvalue weighted by Gasteiger charge is 2.24. The van der Waals surface area contributed by atoms with E-state index in [1.54, 1.807) is 6.08 Å². The van der Waals surface area contributed by atoms with Crippen LogP contribution in [0.25, 0.3) is 0 Å². The number of nitrogens with zero attached hydrogens (tertiary/aromatic N) is 3. The molecule has 0 aliphatic rings. The van der Waals surface area contributed by atoms with E-state index in [4.69, 9.17) is 41.4 Å². The molecule has 0 aromatic rings. The molecule has 550 valence electrons. The van der Waals surface area contributed by atoms with Crippen molar-refractivity contribution in [2.24, 2.45) is 0 Å². The Morgan fingerprint density at radius 1 is 0.337 bits per heavy atom. The summed E-state index contributed by atoms with van der Waals surface area (Å²) in [6.45, 7) is 12.5. The topological polar surface area (TPSA) is 246 Å². The number of hydrogen-bond acceptors (Lipinski definition) is 18. The van der Waals surface area contributed by atoms with Gasteiger partial charge in [-0.25, -0.2) is 0 Å². The molecule has 0 bridgehead atoms. The lowest BCUT2D eigenvalue weighted by atomic mass is 10.0. The van der Waals surface area contributed by atoms with Crippen LogP contribution in [0.1, 0.15) is 233 Å². The fourth-order valence-corrected chi connectivity index (χ4v) is 11.4. The zero-order valence-electron chi connectivity index (χ0n) is 61.4. The Morgan fingerprint density at radius 3 is 0.793 bits per heavy atom. The lowest BCUT2D eigenvalue weighted by molar-refractivity contribution is -0.870. The van der Waals surface area contributed by atoms with Gasteiger partial charge in [0, 0.05) is 32.8 Å². The fraction of sp³-hybridized carbons (Fsp3) is 0.926. The third kappa shape index (κ3) is 77.4. The summed E-state index contributed by atoms with van der Waals surface area (Å²) in [5.74, 6) is -1.04. The zero-order chi connectivity index (χ0) is 70.1. The third-order valence-electron chi connectivity index (χ3n) is 14.5. The quantitative estimate of drug-likeness (QED) is 0.0128. The average Bonchev–Trinajstić information content (AvgIpc) is 1.72. The molecule has 0 aliphatic heterocycles. The summed E-state index contributed by atoms with van der Waals surface area (Å²) in [7, 11) is 8.40. The number of aliphatic hydroxyl groups is 3. The van der Waals surface area contributed by atoms with Crippen LogP contribution in [0.15, 0.2) is 12.2 Å². The number of unbranched alkanes of at least 4 members (excludes halogenated alkanes) is 27. The number of quaternary nitrogens is 3. The Labute approximate surface area is 562 Å². The van der Waals surface area contributed by atoms with E-state index in [1.807, 2.05) is 76.4 Å². The SMILES string of the molecule is CC/C=C\CC(=O)OCC(O)COP(C)(=O)OCC[N+](C)(C)C.CCCCCCCCCCCCCCCC(=O)OCC(O)COP(C)(=O)OCC[N+](C)(C)C.CCCCCCCCCCCCCCCCCCC(=O)OCC(O)COP(C)(=O)OCC[N+](C)(C)C. The van der Waals surface area contributed by atoms with Crippen molar-refractivity contribution >= 4 is 40.7 Å². The number of aliphatic hydroxyl groups excluding tert-OH is 3. The van der Waals surface area contributed by atoms with Gasteiger partial charge in [-0.1, -0.05) is 206 Å². The standard InChI is InChI=1S/C28H59NO6P.C25H53NO6P.C15H31NO6P/c1-6-7-8-9-10-11-12-13-14-15-16-17-18-19-20-21-22-28(31)33-25-27(30)26-35-36(5,32)34-24-23-29(2,3)4;1-6-7-8-9-10-11-12-13-14-15-16-17-18-19-25(28)30-22-24(27)23-32-33(5,29)31-21-20-26(2,3)4;1-6-7-8-9-15(18)20-12-14(17)13-22-23(5,19)21-11-10-16(2,3)4/h27,30H,6-26H2,1-5H3;24,27H,6-23H2,1-5H3;7-8,14,17H,6,9-13H2,1-5H3/q3*+1/b;;8-7-. The van der Waals surface area contributed by atoms with Crippen molar-refractivity contribution in [2.45, 2.75) is 251 Å². The lowest BCUT2D eigenvalue weighted by Gasteiger charge is -2.24. The molecule has 0 fully saturated rings. The minimum Gasteiger partial charge on any atom is -0.463 e. The molecule has 0 saturated heterocycles. The maximum absolute atomic E-state index is 12.2. The number of hydrogen-bond donors (Lipinski definition) is 3.